The van der Waals surface area contributed by atoms with E-state index >= 15 is 0 Å². The minimum absolute atomic E-state index is 0.336. The first-order valence-electron chi connectivity index (χ1n) is 4.24. The molecule has 0 aliphatic rings. The number of phenols is 1. The molecule has 0 atom stereocenters. The summed E-state index contributed by atoms with van der Waals surface area (Å²) in [5.41, 5.74) is 1.28. The van der Waals surface area contributed by atoms with Gasteiger partial charge in [0.1, 0.15) is 5.75 Å². The van der Waals surface area contributed by atoms with Crippen LogP contribution in [0.3, 0.4) is 0 Å². The van der Waals surface area contributed by atoms with E-state index in [1.54, 1.807) is 12.1 Å². The summed E-state index contributed by atoms with van der Waals surface area (Å²) in [6.45, 7) is 0. The average Bonchev–Trinajstić information content (AvgIpc) is 2.08. The number of rotatable bonds is 4. The van der Waals surface area contributed by atoms with Gasteiger partial charge in [-0.15, -0.1) is 0 Å². The number of hydrogen-bond donors (Lipinski definition) is 1. The van der Waals surface area contributed by atoms with Crippen LogP contribution in [0.1, 0.15) is 18.4 Å². The number of hydrogen-bond acceptors (Lipinski definition) is 1. The SMILES string of the molecule is Oc1ccc(CCCC(Br)Br)cc1. The Morgan fingerprint density at radius 1 is 1.15 bits per heavy atom. The van der Waals surface area contributed by atoms with E-state index in [4.69, 9.17) is 5.11 Å². The molecule has 0 spiro atoms. The number of aryl methyl sites for hydroxylation is 1. The molecule has 0 amide bonds. The standard InChI is InChI=1S/C10H12Br2O/c11-10(12)3-1-2-8-4-6-9(13)7-5-8/h4-7,10,13H,1-3H2. The molecule has 3 heteroatoms. The van der Waals surface area contributed by atoms with Crippen molar-refractivity contribution >= 4 is 31.9 Å². The molecule has 72 valence electrons. The second-order valence-electron chi connectivity index (χ2n) is 2.95. The van der Waals surface area contributed by atoms with Crippen LogP contribution in [0.2, 0.25) is 0 Å². The van der Waals surface area contributed by atoms with E-state index in [9.17, 15) is 0 Å². The van der Waals surface area contributed by atoms with Gasteiger partial charge < -0.3 is 5.11 Å². The van der Waals surface area contributed by atoms with E-state index in [0.29, 0.717) is 9.49 Å². The van der Waals surface area contributed by atoms with Crippen LogP contribution in [0.15, 0.2) is 24.3 Å². The van der Waals surface area contributed by atoms with Gasteiger partial charge >= 0.3 is 0 Å². The zero-order valence-electron chi connectivity index (χ0n) is 7.21. The summed E-state index contributed by atoms with van der Waals surface area (Å²) in [6, 6.07) is 7.39. The molecule has 0 bridgehead atoms. The molecule has 1 rings (SSSR count). The molecular weight excluding hydrogens is 296 g/mol. The van der Waals surface area contributed by atoms with Crippen molar-refractivity contribution in [3.8, 4) is 5.75 Å². The molecule has 13 heavy (non-hydrogen) atoms. The number of halogens is 2. The lowest BCUT2D eigenvalue weighted by molar-refractivity contribution is 0.475. The second-order valence-corrected chi connectivity index (χ2v) is 6.39. The van der Waals surface area contributed by atoms with Crippen molar-refractivity contribution < 1.29 is 5.11 Å². The molecule has 1 aromatic carbocycles. The molecular formula is C10H12Br2O. The maximum absolute atomic E-state index is 9.06. The smallest absolute Gasteiger partial charge is 0.115 e. The minimum atomic E-state index is 0.336. The predicted molar refractivity (Wildman–Crippen MR) is 62.7 cm³/mol. The Balaban J connectivity index is 2.33. The zero-order valence-corrected chi connectivity index (χ0v) is 10.4. The monoisotopic (exact) mass is 306 g/mol. The Hall–Kier alpha value is -0.0200. The Bertz CT molecular complexity index is 244. The second kappa shape index (κ2) is 5.66. The molecule has 1 N–H and O–H groups in total. The lowest BCUT2D eigenvalue weighted by Crippen LogP contribution is -1.89. The van der Waals surface area contributed by atoms with Crippen LogP contribution in [0.25, 0.3) is 0 Å². The van der Waals surface area contributed by atoms with E-state index < -0.39 is 0 Å². The Morgan fingerprint density at radius 3 is 2.31 bits per heavy atom. The number of aromatic hydroxyl groups is 1. The fourth-order valence-corrected chi connectivity index (χ4v) is 1.77. The van der Waals surface area contributed by atoms with Crippen LogP contribution in [-0.2, 0) is 6.42 Å². The molecule has 0 aromatic heterocycles. The van der Waals surface area contributed by atoms with Gasteiger partial charge in [-0.1, -0.05) is 44.0 Å². The third-order valence-electron chi connectivity index (χ3n) is 1.82. The maximum Gasteiger partial charge on any atom is 0.115 e. The zero-order chi connectivity index (χ0) is 9.68. The largest absolute Gasteiger partial charge is 0.508 e. The highest BCUT2D eigenvalue weighted by Crippen LogP contribution is 2.17. The lowest BCUT2D eigenvalue weighted by atomic mass is 10.1. The molecule has 1 aromatic rings. The van der Waals surface area contributed by atoms with Crippen LogP contribution in [0.4, 0.5) is 0 Å². The molecule has 0 unspecified atom stereocenters. The molecule has 0 aliphatic heterocycles. The Morgan fingerprint density at radius 2 is 1.77 bits per heavy atom. The maximum atomic E-state index is 9.06. The van der Waals surface area contributed by atoms with E-state index in [1.807, 2.05) is 12.1 Å². The molecule has 0 saturated carbocycles. The molecule has 0 saturated heterocycles. The fourth-order valence-electron chi connectivity index (χ4n) is 1.12. The van der Waals surface area contributed by atoms with E-state index in [-0.39, 0.29) is 0 Å². The quantitative estimate of drug-likeness (QED) is 0.838. The van der Waals surface area contributed by atoms with Crippen LogP contribution >= 0.6 is 31.9 Å². The molecule has 0 radical (unpaired) electrons. The highest BCUT2D eigenvalue weighted by molar-refractivity contribution is 9.24. The van der Waals surface area contributed by atoms with Crippen LogP contribution < -0.4 is 0 Å². The third-order valence-corrected chi connectivity index (χ3v) is 2.74. The molecule has 0 heterocycles. The first-order valence-corrected chi connectivity index (χ1v) is 6.07. The Kier molecular flexibility index (Phi) is 4.81. The summed E-state index contributed by atoms with van der Waals surface area (Å²) in [7, 11) is 0. The van der Waals surface area contributed by atoms with Gasteiger partial charge in [0.05, 0.1) is 3.74 Å². The number of phenolic OH excluding ortho intramolecular Hbond substituents is 1. The summed E-state index contributed by atoms with van der Waals surface area (Å²) >= 11 is 6.87. The van der Waals surface area contributed by atoms with Gasteiger partial charge in [0, 0.05) is 0 Å². The van der Waals surface area contributed by atoms with Crippen molar-refractivity contribution in [1.82, 2.24) is 0 Å². The minimum Gasteiger partial charge on any atom is -0.508 e. The van der Waals surface area contributed by atoms with Crippen molar-refractivity contribution in [2.45, 2.75) is 23.0 Å². The van der Waals surface area contributed by atoms with Crippen molar-refractivity contribution in [2.24, 2.45) is 0 Å². The van der Waals surface area contributed by atoms with Crippen molar-refractivity contribution in [1.29, 1.82) is 0 Å². The van der Waals surface area contributed by atoms with Crippen molar-refractivity contribution in [3.63, 3.8) is 0 Å². The third kappa shape index (κ3) is 4.67. The van der Waals surface area contributed by atoms with Gasteiger partial charge in [-0.2, -0.15) is 0 Å². The summed E-state index contributed by atoms with van der Waals surface area (Å²) < 4.78 is 0.414. The first-order chi connectivity index (χ1) is 6.18. The molecule has 1 nitrogen and oxygen atoms in total. The number of alkyl halides is 2. The van der Waals surface area contributed by atoms with Gasteiger partial charge in [0.2, 0.25) is 0 Å². The van der Waals surface area contributed by atoms with Crippen LogP contribution in [0, 0.1) is 0 Å². The van der Waals surface area contributed by atoms with Crippen molar-refractivity contribution in [3.05, 3.63) is 29.8 Å². The lowest BCUT2D eigenvalue weighted by Gasteiger charge is -2.02. The summed E-state index contributed by atoms with van der Waals surface area (Å²) in [6.07, 6.45) is 3.32. The Labute approximate surface area is 95.4 Å². The van der Waals surface area contributed by atoms with Crippen LogP contribution in [0.5, 0.6) is 5.75 Å². The fraction of sp³-hybridized carbons (Fsp3) is 0.400. The van der Waals surface area contributed by atoms with Gasteiger partial charge in [0.25, 0.3) is 0 Å². The highest BCUT2D eigenvalue weighted by Gasteiger charge is 1.98. The summed E-state index contributed by atoms with van der Waals surface area (Å²) in [4.78, 5) is 0. The molecule has 0 fully saturated rings. The predicted octanol–water partition coefficient (Wildman–Crippen LogP) is 3.83. The average molecular weight is 308 g/mol. The highest BCUT2D eigenvalue weighted by atomic mass is 79.9. The normalized spacial score (nSPS) is 10.7. The van der Waals surface area contributed by atoms with E-state index in [1.165, 1.54) is 5.56 Å². The van der Waals surface area contributed by atoms with E-state index in [0.717, 1.165) is 19.3 Å². The summed E-state index contributed by atoms with van der Waals surface area (Å²) in [5.74, 6) is 0.336. The first kappa shape index (κ1) is 11.1. The van der Waals surface area contributed by atoms with Crippen molar-refractivity contribution in [2.75, 3.05) is 0 Å². The number of benzene rings is 1. The van der Waals surface area contributed by atoms with Gasteiger partial charge in [-0.25, -0.2) is 0 Å². The topological polar surface area (TPSA) is 20.2 Å². The summed E-state index contributed by atoms with van der Waals surface area (Å²) in [5, 5.41) is 9.06. The van der Waals surface area contributed by atoms with Crippen LogP contribution in [-0.4, -0.2) is 8.84 Å². The van der Waals surface area contributed by atoms with Gasteiger partial charge in [0.15, 0.2) is 0 Å². The van der Waals surface area contributed by atoms with E-state index in [2.05, 4.69) is 31.9 Å². The molecule has 0 aliphatic carbocycles. The van der Waals surface area contributed by atoms with Gasteiger partial charge in [-0.05, 0) is 37.0 Å². The van der Waals surface area contributed by atoms with Gasteiger partial charge in [-0.3, -0.25) is 0 Å².